The van der Waals surface area contributed by atoms with Gasteiger partial charge in [0.1, 0.15) is 18.2 Å². The molecule has 0 aliphatic carbocycles. The number of anilines is 1. The molecule has 1 aromatic heterocycles. The first-order valence-electron chi connectivity index (χ1n) is 12.3. The van der Waals surface area contributed by atoms with Crippen molar-refractivity contribution in [1.82, 2.24) is 14.4 Å². The summed E-state index contributed by atoms with van der Waals surface area (Å²) >= 11 is 0. The first-order chi connectivity index (χ1) is 17.3. The molecule has 1 atom stereocenters. The fourth-order valence-electron chi connectivity index (χ4n) is 4.63. The molecule has 1 N–H and O–H groups in total. The second kappa shape index (κ2) is 10.9. The Morgan fingerprint density at radius 1 is 1.08 bits per heavy atom. The minimum atomic E-state index is -0.868. The second-order valence-corrected chi connectivity index (χ2v) is 9.41. The number of nitrogens with one attached hydrogen (secondary N) is 1. The van der Waals surface area contributed by atoms with Crippen LogP contribution in [-0.2, 0) is 11.3 Å². The highest BCUT2D eigenvalue weighted by Crippen LogP contribution is 2.33. The quantitative estimate of drug-likeness (QED) is 0.454. The summed E-state index contributed by atoms with van der Waals surface area (Å²) in [6.07, 6.45) is 2.64. The van der Waals surface area contributed by atoms with E-state index in [1.165, 1.54) is 16.5 Å². The zero-order chi connectivity index (χ0) is 25.8. The van der Waals surface area contributed by atoms with E-state index in [0.29, 0.717) is 38.0 Å². The smallest absolute Gasteiger partial charge is 0.322 e. The van der Waals surface area contributed by atoms with Crippen molar-refractivity contribution < 1.29 is 18.4 Å². The molecule has 36 heavy (non-hydrogen) atoms. The zero-order valence-corrected chi connectivity index (χ0v) is 20.9. The van der Waals surface area contributed by atoms with E-state index in [4.69, 9.17) is 0 Å². The molecule has 0 radical (unpaired) electrons. The fraction of sp³-hybridized carbons (Fsp3) is 0.357. The van der Waals surface area contributed by atoms with Crippen LogP contribution in [0.15, 0.2) is 60.8 Å². The predicted molar refractivity (Wildman–Crippen MR) is 136 cm³/mol. The molecule has 0 saturated heterocycles. The van der Waals surface area contributed by atoms with E-state index in [-0.39, 0.29) is 24.2 Å². The van der Waals surface area contributed by atoms with Crippen LogP contribution in [0, 0.1) is 11.6 Å². The lowest BCUT2D eigenvalue weighted by Crippen LogP contribution is -2.49. The van der Waals surface area contributed by atoms with Gasteiger partial charge >= 0.3 is 6.03 Å². The SMILES string of the molecule is CCCN(CC(=O)N1CCn2cccc2C1c1ccc(C(C)C)cc1)C(=O)Nc1ccc(F)cc1F. The number of benzene rings is 2. The minimum absolute atomic E-state index is 0.131. The maximum atomic E-state index is 14.1. The highest BCUT2D eigenvalue weighted by atomic mass is 19.1. The van der Waals surface area contributed by atoms with Gasteiger partial charge in [-0.25, -0.2) is 13.6 Å². The van der Waals surface area contributed by atoms with Gasteiger partial charge in [-0.2, -0.15) is 0 Å². The molecule has 1 unspecified atom stereocenters. The van der Waals surface area contributed by atoms with E-state index < -0.39 is 17.7 Å². The normalized spacial score (nSPS) is 15.1. The highest BCUT2D eigenvalue weighted by Gasteiger charge is 2.33. The van der Waals surface area contributed by atoms with Gasteiger partial charge in [-0.1, -0.05) is 45.0 Å². The van der Waals surface area contributed by atoms with Crippen LogP contribution >= 0.6 is 0 Å². The van der Waals surface area contributed by atoms with Gasteiger partial charge in [0.15, 0.2) is 0 Å². The summed E-state index contributed by atoms with van der Waals surface area (Å²) < 4.78 is 29.5. The maximum absolute atomic E-state index is 14.1. The van der Waals surface area contributed by atoms with Crippen LogP contribution in [0.2, 0.25) is 0 Å². The summed E-state index contributed by atoms with van der Waals surface area (Å²) in [7, 11) is 0. The molecule has 2 aromatic carbocycles. The Bertz CT molecular complexity index is 1220. The highest BCUT2D eigenvalue weighted by molar-refractivity contribution is 5.92. The molecule has 0 saturated carbocycles. The van der Waals surface area contributed by atoms with Crippen molar-refractivity contribution in [2.75, 3.05) is 25.0 Å². The van der Waals surface area contributed by atoms with Gasteiger partial charge < -0.3 is 19.7 Å². The van der Waals surface area contributed by atoms with Crippen LogP contribution in [-0.4, -0.2) is 45.9 Å². The Balaban J connectivity index is 1.56. The lowest BCUT2D eigenvalue weighted by Gasteiger charge is -2.38. The molecule has 6 nitrogen and oxygen atoms in total. The first kappa shape index (κ1) is 25.4. The third kappa shape index (κ3) is 5.42. The summed E-state index contributed by atoms with van der Waals surface area (Å²) in [5.74, 6) is -1.39. The van der Waals surface area contributed by atoms with Gasteiger partial charge in [-0.15, -0.1) is 0 Å². The van der Waals surface area contributed by atoms with E-state index >= 15 is 0 Å². The maximum Gasteiger partial charge on any atom is 0.322 e. The standard InChI is InChI=1S/C28H32F2N4O2/c1-4-13-33(28(36)31-24-12-11-22(29)17-23(24)30)18-26(35)34-16-15-32-14-5-6-25(32)27(34)21-9-7-20(8-10-21)19(2)3/h5-12,14,17,19,27H,4,13,15-16,18H2,1-3H3,(H,31,36). The van der Waals surface area contributed by atoms with Crippen LogP contribution in [0.4, 0.5) is 19.3 Å². The molecular weight excluding hydrogens is 462 g/mol. The largest absolute Gasteiger partial charge is 0.348 e. The second-order valence-electron chi connectivity index (χ2n) is 9.41. The third-order valence-electron chi connectivity index (χ3n) is 6.56. The Morgan fingerprint density at radius 2 is 1.83 bits per heavy atom. The van der Waals surface area contributed by atoms with Gasteiger partial charge in [0.05, 0.1) is 11.7 Å². The number of nitrogens with zero attached hydrogens (tertiary/aromatic N) is 3. The van der Waals surface area contributed by atoms with E-state index in [2.05, 4.69) is 48.0 Å². The van der Waals surface area contributed by atoms with Crippen molar-refractivity contribution in [3.63, 3.8) is 0 Å². The Labute approximate surface area is 210 Å². The molecule has 4 rings (SSSR count). The molecule has 2 heterocycles. The lowest BCUT2D eigenvalue weighted by atomic mass is 9.95. The van der Waals surface area contributed by atoms with Gasteiger partial charge in [0.25, 0.3) is 0 Å². The van der Waals surface area contributed by atoms with Crippen LogP contribution < -0.4 is 5.32 Å². The van der Waals surface area contributed by atoms with Crippen molar-refractivity contribution in [1.29, 1.82) is 0 Å². The minimum Gasteiger partial charge on any atom is -0.348 e. The van der Waals surface area contributed by atoms with Crippen LogP contribution in [0.5, 0.6) is 0 Å². The molecule has 8 heteroatoms. The number of fused-ring (bicyclic) bond motifs is 1. The number of rotatable bonds is 7. The summed E-state index contributed by atoms with van der Waals surface area (Å²) in [5, 5.41) is 2.47. The monoisotopic (exact) mass is 494 g/mol. The molecule has 3 aromatic rings. The Morgan fingerprint density at radius 3 is 2.50 bits per heavy atom. The summed E-state index contributed by atoms with van der Waals surface area (Å²) in [4.78, 5) is 29.7. The van der Waals surface area contributed by atoms with Gasteiger partial charge in [0.2, 0.25) is 5.91 Å². The number of amides is 3. The van der Waals surface area contributed by atoms with Crippen LogP contribution in [0.1, 0.15) is 56.0 Å². The summed E-state index contributed by atoms with van der Waals surface area (Å²) in [5.41, 5.74) is 3.12. The molecule has 0 bridgehead atoms. The van der Waals surface area contributed by atoms with Crippen molar-refractivity contribution in [2.24, 2.45) is 0 Å². The lowest BCUT2D eigenvalue weighted by molar-refractivity contribution is -0.134. The molecule has 0 fully saturated rings. The van der Waals surface area contributed by atoms with Gasteiger partial charge in [-0.05, 0) is 47.7 Å². The Kier molecular flexibility index (Phi) is 7.72. The van der Waals surface area contributed by atoms with Crippen LogP contribution in [0.3, 0.4) is 0 Å². The van der Waals surface area contributed by atoms with Crippen LogP contribution in [0.25, 0.3) is 0 Å². The van der Waals surface area contributed by atoms with Crippen molar-refractivity contribution >= 4 is 17.6 Å². The van der Waals surface area contributed by atoms with E-state index in [9.17, 15) is 18.4 Å². The van der Waals surface area contributed by atoms with Crippen molar-refractivity contribution in [3.8, 4) is 0 Å². The molecule has 3 amide bonds. The van der Waals surface area contributed by atoms with E-state index in [1.807, 2.05) is 30.2 Å². The number of hydrogen-bond donors (Lipinski definition) is 1. The predicted octanol–water partition coefficient (Wildman–Crippen LogP) is 5.77. The molecule has 190 valence electrons. The molecule has 1 aliphatic rings. The third-order valence-corrected chi connectivity index (χ3v) is 6.56. The molecule has 0 spiro atoms. The fourth-order valence-corrected chi connectivity index (χ4v) is 4.63. The number of halogens is 2. The van der Waals surface area contributed by atoms with E-state index in [1.54, 1.807) is 0 Å². The van der Waals surface area contributed by atoms with Gasteiger partial charge in [0, 0.05) is 37.6 Å². The number of carbonyl (C=O) groups is 2. The first-order valence-corrected chi connectivity index (χ1v) is 12.3. The number of aromatic nitrogens is 1. The van der Waals surface area contributed by atoms with Crippen molar-refractivity contribution in [2.45, 2.75) is 45.7 Å². The number of carbonyl (C=O) groups excluding carboxylic acids is 2. The molecule has 1 aliphatic heterocycles. The Hall–Kier alpha value is -3.68. The summed E-state index contributed by atoms with van der Waals surface area (Å²) in [6, 6.07) is 14.4. The topological polar surface area (TPSA) is 57.6 Å². The number of hydrogen-bond acceptors (Lipinski definition) is 2. The number of urea groups is 1. The van der Waals surface area contributed by atoms with E-state index in [0.717, 1.165) is 17.3 Å². The average molecular weight is 495 g/mol. The zero-order valence-electron chi connectivity index (χ0n) is 20.9. The van der Waals surface area contributed by atoms with Gasteiger partial charge in [-0.3, -0.25) is 4.79 Å². The van der Waals surface area contributed by atoms with Crippen molar-refractivity contribution in [3.05, 3.63) is 89.2 Å². The average Bonchev–Trinajstić information content (AvgIpc) is 3.34. The summed E-state index contributed by atoms with van der Waals surface area (Å²) in [6.45, 7) is 7.52. The molecular formula is C28H32F2N4O2.